The lowest BCUT2D eigenvalue weighted by molar-refractivity contribution is -0.0359. The van der Waals surface area contributed by atoms with E-state index in [1.165, 1.54) is 22.2 Å². The molecule has 31 heavy (non-hydrogen) atoms. The fraction of sp³-hybridized carbons (Fsp3) is 0.400. The van der Waals surface area contributed by atoms with Gasteiger partial charge in [-0.25, -0.2) is 9.18 Å². The number of rotatable bonds is 4. The molecule has 0 radical (unpaired) electrons. The Balaban J connectivity index is 1.51. The minimum absolute atomic E-state index is 0.0872. The number of halogens is 1. The lowest BCUT2D eigenvalue weighted by Crippen LogP contribution is -2.48. The standard InChI is InChI=1S/C25H28FNO3S/c1-25(2,3)30-24(28)27-12-10-21(18-5-7-20(26)8-6-18)22(15-27)29-16-17-4-9-23-19(14-17)11-13-31-23/h4-9,11,13-14,21-22H,10,12,15-16H2,1-3H3. The molecule has 4 nitrogen and oxygen atoms in total. The van der Waals surface area contributed by atoms with Gasteiger partial charge in [-0.3, -0.25) is 0 Å². The smallest absolute Gasteiger partial charge is 0.410 e. The fourth-order valence-electron chi connectivity index (χ4n) is 3.98. The van der Waals surface area contributed by atoms with Crippen LogP contribution in [0, 0.1) is 5.82 Å². The molecule has 2 aromatic carbocycles. The van der Waals surface area contributed by atoms with E-state index in [4.69, 9.17) is 9.47 Å². The third kappa shape index (κ3) is 5.43. The monoisotopic (exact) mass is 441 g/mol. The number of carbonyl (C=O) groups excluding carboxylic acids is 1. The van der Waals surface area contributed by atoms with Crippen molar-refractivity contribution in [2.24, 2.45) is 0 Å². The summed E-state index contributed by atoms with van der Waals surface area (Å²) in [5.74, 6) is -0.166. The molecular formula is C25H28FNO3S. The molecule has 6 heteroatoms. The molecule has 2 unspecified atom stereocenters. The molecule has 1 fully saturated rings. The number of nitrogens with zero attached hydrogens (tertiary/aromatic N) is 1. The summed E-state index contributed by atoms with van der Waals surface area (Å²) in [5, 5.41) is 3.29. The van der Waals surface area contributed by atoms with Gasteiger partial charge in [-0.15, -0.1) is 11.3 Å². The number of thiophene rings is 1. The number of piperidine rings is 1. The molecule has 1 aliphatic rings. The number of likely N-dealkylation sites (tertiary alicyclic amines) is 1. The van der Waals surface area contributed by atoms with Gasteiger partial charge in [0.05, 0.1) is 19.3 Å². The van der Waals surface area contributed by atoms with Crippen LogP contribution in [0.5, 0.6) is 0 Å². The van der Waals surface area contributed by atoms with Gasteiger partial charge in [0.2, 0.25) is 0 Å². The Hall–Kier alpha value is -2.44. The zero-order valence-corrected chi connectivity index (χ0v) is 19.0. The van der Waals surface area contributed by atoms with E-state index in [1.807, 2.05) is 32.9 Å². The van der Waals surface area contributed by atoms with Crippen molar-refractivity contribution in [3.63, 3.8) is 0 Å². The van der Waals surface area contributed by atoms with Crippen LogP contribution in [0.15, 0.2) is 53.9 Å². The summed E-state index contributed by atoms with van der Waals surface area (Å²) in [4.78, 5) is 14.4. The molecule has 0 spiro atoms. The van der Waals surface area contributed by atoms with Crippen LogP contribution in [0.2, 0.25) is 0 Å². The van der Waals surface area contributed by atoms with Crippen molar-refractivity contribution in [2.75, 3.05) is 13.1 Å². The second-order valence-electron chi connectivity index (χ2n) is 9.02. The highest BCUT2D eigenvalue weighted by Gasteiger charge is 2.35. The number of ether oxygens (including phenoxy) is 2. The van der Waals surface area contributed by atoms with Crippen LogP contribution in [-0.4, -0.2) is 35.8 Å². The predicted octanol–water partition coefficient (Wildman–Crippen LogP) is 6.35. The van der Waals surface area contributed by atoms with Crippen LogP contribution in [0.4, 0.5) is 9.18 Å². The topological polar surface area (TPSA) is 38.8 Å². The molecular weight excluding hydrogens is 413 g/mol. The molecule has 2 atom stereocenters. The molecule has 0 aliphatic carbocycles. The van der Waals surface area contributed by atoms with Crippen molar-refractivity contribution in [3.05, 3.63) is 70.9 Å². The number of hydrogen-bond acceptors (Lipinski definition) is 4. The number of hydrogen-bond donors (Lipinski definition) is 0. The van der Waals surface area contributed by atoms with Crippen LogP contribution < -0.4 is 0 Å². The second kappa shape index (κ2) is 8.97. The normalized spacial score (nSPS) is 19.5. The maximum absolute atomic E-state index is 13.4. The van der Waals surface area contributed by atoms with E-state index in [0.29, 0.717) is 19.7 Å². The van der Waals surface area contributed by atoms with Crippen LogP contribution in [-0.2, 0) is 16.1 Å². The summed E-state index contributed by atoms with van der Waals surface area (Å²) in [6, 6.07) is 15.1. The van der Waals surface area contributed by atoms with Gasteiger partial charge in [0.25, 0.3) is 0 Å². The molecule has 0 bridgehead atoms. The van der Waals surface area contributed by atoms with Gasteiger partial charge in [-0.1, -0.05) is 18.2 Å². The molecule has 1 saturated heterocycles. The van der Waals surface area contributed by atoms with E-state index in [1.54, 1.807) is 16.2 Å². The number of benzene rings is 2. The van der Waals surface area contributed by atoms with Gasteiger partial charge in [-0.2, -0.15) is 0 Å². The fourth-order valence-corrected chi connectivity index (χ4v) is 4.75. The largest absolute Gasteiger partial charge is 0.444 e. The lowest BCUT2D eigenvalue weighted by Gasteiger charge is -2.39. The summed E-state index contributed by atoms with van der Waals surface area (Å²) in [5.41, 5.74) is 1.58. The van der Waals surface area contributed by atoms with Crippen LogP contribution >= 0.6 is 11.3 Å². The average molecular weight is 442 g/mol. The zero-order valence-electron chi connectivity index (χ0n) is 18.1. The minimum atomic E-state index is -0.544. The van der Waals surface area contributed by atoms with E-state index in [2.05, 4.69) is 29.6 Å². The average Bonchev–Trinajstić information content (AvgIpc) is 3.19. The van der Waals surface area contributed by atoms with Gasteiger partial charge in [-0.05, 0) is 79.4 Å². The number of carbonyl (C=O) groups is 1. The summed E-state index contributed by atoms with van der Waals surface area (Å²) in [6.45, 7) is 7.08. The van der Waals surface area contributed by atoms with Crippen LogP contribution in [0.1, 0.15) is 44.2 Å². The Morgan fingerprint density at radius 3 is 2.68 bits per heavy atom. The van der Waals surface area contributed by atoms with Gasteiger partial charge in [0, 0.05) is 17.2 Å². The van der Waals surface area contributed by atoms with Crippen molar-refractivity contribution in [1.29, 1.82) is 0 Å². The molecule has 164 valence electrons. The second-order valence-corrected chi connectivity index (χ2v) is 9.96. The van der Waals surface area contributed by atoms with Gasteiger partial charge >= 0.3 is 6.09 Å². The molecule has 1 amide bonds. The van der Waals surface area contributed by atoms with Crippen molar-refractivity contribution >= 4 is 27.5 Å². The highest BCUT2D eigenvalue weighted by Crippen LogP contribution is 2.32. The Morgan fingerprint density at radius 1 is 1.16 bits per heavy atom. The minimum Gasteiger partial charge on any atom is -0.444 e. The lowest BCUT2D eigenvalue weighted by atomic mass is 9.87. The maximum Gasteiger partial charge on any atom is 0.410 e. The zero-order chi connectivity index (χ0) is 22.0. The van der Waals surface area contributed by atoms with E-state index in [9.17, 15) is 9.18 Å². The summed E-state index contributed by atoms with van der Waals surface area (Å²) >= 11 is 1.72. The van der Waals surface area contributed by atoms with Crippen LogP contribution in [0.25, 0.3) is 10.1 Å². The Bertz CT molecular complexity index is 1040. The van der Waals surface area contributed by atoms with Crippen LogP contribution in [0.3, 0.4) is 0 Å². The number of amides is 1. The number of fused-ring (bicyclic) bond motifs is 1. The Labute approximate surface area is 186 Å². The van der Waals surface area contributed by atoms with E-state index < -0.39 is 5.60 Å². The third-order valence-electron chi connectivity index (χ3n) is 5.49. The van der Waals surface area contributed by atoms with Gasteiger partial charge in [0.15, 0.2) is 0 Å². The first-order valence-corrected chi connectivity index (χ1v) is 11.5. The summed E-state index contributed by atoms with van der Waals surface area (Å²) < 4.78 is 26.6. The van der Waals surface area contributed by atoms with Crippen molar-refractivity contribution in [1.82, 2.24) is 4.90 Å². The molecule has 1 aromatic heterocycles. The van der Waals surface area contributed by atoms with Crippen molar-refractivity contribution in [3.8, 4) is 0 Å². The third-order valence-corrected chi connectivity index (χ3v) is 6.39. The van der Waals surface area contributed by atoms with Crippen molar-refractivity contribution in [2.45, 2.75) is 51.4 Å². The highest BCUT2D eigenvalue weighted by atomic mass is 32.1. The SMILES string of the molecule is CC(C)(C)OC(=O)N1CCC(c2ccc(F)cc2)C(OCc2ccc3sccc3c2)C1. The quantitative estimate of drug-likeness (QED) is 0.473. The molecule has 4 rings (SSSR count). The van der Waals surface area contributed by atoms with Gasteiger partial charge < -0.3 is 14.4 Å². The molecule has 2 heterocycles. The Kier molecular flexibility index (Phi) is 6.30. The molecule has 0 N–H and O–H groups in total. The molecule has 0 saturated carbocycles. The van der Waals surface area contributed by atoms with Gasteiger partial charge in [0.1, 0.15) is 11.4 Å². The molecule has 1 aliphatic heterocycles. The first kappa shape index (κ1) is 21.8. The summed E-state index contributed by atoms with van der Waals surface area (Å²) in [7, 11) is 0. The summed E-state index contributed by atoms with van der Waals surface area (Å²) in [6.07, 6.45) is 0.210. The molecule has 3 aromatic rings. The van der Waals surface area contributed by atoms with E-state index in [0.717, 1.165) is 17.5 Å². The first-order chi connectivity index (χ1) is 14.8. The van der Waals surface area contributed by atoms with E-state index in [-0.39, 0.29) is 23.9 Å². The maximum atomic E-state index is 13.4. The Morgan fingerprint density at radius 2 is 1.94 bits per heavy atom. The van der Waals surface area contributed by atoms with E-state index >= 15 is 0 Å². The highest BCUT2D eigenvalue weighted by molar-refractivity contribution is 7.17. The van der Waals surface area contributed by atoms with Crippen molar-refractivity contribution < 1.29 is 18.7 Å². The predicted molar refractivity (Wildman–Crippen MR) is 122 cm³/mol. The first-order valence-electron chi connectivity index (χ1n) is 10.6.